The van der Waals surface area contributed by atoms with Crippen LogP contribution >= 0.6 is 0 Å². The predicted molar refractivity (Wildman–Crippen MR) is 63.1 cm³/mol. The molecule has 0 unspecified atom stereocenters. The third-order valence-electron chi connectivity index (χ3n) is 0.267. The molecule has 0 aromatic carbocycles. The maximum absolute atomic E-state index is 7.62. The molecule has 0 spiro atoms. The van der Waals surface area contributed by atoms with E-state index in [4.69, 9.17) is 10.2 Å². The minimum atomic E-state index is -0.125. The van der Waals surface area contributed by atoms with Crippen LogP contribution in [-0.2, 0) is 4.74 Å². The third kappa shape index (κ3) is 1220. The summed E-state index contributed by atoms with van der Waals surface area (Å²) in [6.45, 7) is 13.5. The Morgan fingerprint density at radius 1 is 1.00 bits per heavy atom. The van der Waals surface area contributed by atoms with Crippen LogP contribution in [0.5, 0.6) is 0 Å². The summed E-state index contributed by atoms with van der Waals surface area (Å²) in [4.78, 5) is 0. The van der Waals surface area contributed by atoms with E-state index >= 15 is 0 Å². The van der Waals surface area contributed by atoms with Gasteiger partial charge in [0, 0.05) is 0 Å². The summed E-state index contributed by atoms with van der Waals surface area (Å²) in [6.07, 6.45) is 4.88. The lowest BCUT2D eigenvalue weighted by Gasteiger charge is -1.73. The van der Waals surface area contributed by atoms with Crippen LogP contribution in [0.1, 0.15) is 13.8 Å². The van der Waals surface area contributed by atoms with E-state index in [1.165, 1.54) is 6.26 Å². The highest BCUT2D eigenvalue weighted by Crippen LogP contribution is 1.52. The summed E-state index contributed by atoms with van der Waals surface area (Å²) in [5, 5.41) is 15.2. The molecular formula is C11H24O3. The van der Waals surface area contributed by atoms with Gasteiger partial charge in [0.1, 0.15) is 0 Å². The summed E-state index contributed by atoms with van der Waals surface area (Å²) in [6, 6.07) is 0. The second-order valence-electron chi connectivity index (χ2n) is 1.67. The molecule has 0 aliphatic rings. The van der Waals surface area contributed by atoms with Crippen molar-refractivity contribution in [1.82, 2.24) is 0 Å². The van der Waals surface area contributed by atoms with Gasteiger partial charge in [0.05, 0.1) is 26.6 Å². The molecule has 0 aromatic rings. The molecule has 0 amide bonds. The maximum Gasteiger partial charge on any atom is 0.0766 e. The second kappa shape index (κ2) is 58.6. The number of hydrogen-bond donors (Lipinski definition) is 2. The Morgan fingerprint density at radius 2 is 1.14 bits per heavy atom. The van der Waals surface area contributed by atoms with Gasteiger partial charge in [-0.3, -0.25) is 0 Å². The van der Waals surface area contributed by atoms with Crippen molar-refractivity contribution in [2.45, 2.75) is 13.8 Å². The van der Waals surface area contributed by atoms with Crippen molar-refractivity contribution in [3.05, 3.63) is 38.2 Å². The Labute approximate surface area is 88.0 Å². The zero-order valence-corrected chi connectivity index (χ0v) is 9.57. The van der Waals surface area contributed by atoms with Gasteiger partial charge in [-0.1, -0.05) is 18.7 Å². The molecule has 2 N–H and O–H groups in total. The molecule has 0 heterocycles. The molecule has 0 aliphatic carbocycles. The van der Waals surface area contributed by atoms with E-state index in [1.807, 2.05) is 13.8 Å². The van der Waals surface area contributed by atoms with E-state index < -0.39 is 0 Å². The van der Waals surface area contributed by atoms with Gasteiger partial charge in [0.25, 0.3) is 0 Å². The number of rotatable bonds is 2. The Bertz CT molecular complexity index is 82.5. The standard InChI is InChI=1S/C3H6O.2C3H6.C2H6O2/c1-3-4-2;2*1-3-2;3-1-2-4/h3H,1H2,2H3;2*3H,1H2,2H3;3-4H,1-2H2. The monoisotopic (exact) mass is 204 g/mol. The van der Waals surface area contributed by atoms with Crippen LogP contribution in [0.4, 0.5) is 0 Å². The molecule has 0 bridgehead atoms. The van der Waals surface area contributed by atoms with E-state index in [-0.39, 0.29) is 13.2 Å². The number of methoxy groups -OCH3 is 1. The lowest BCUT2D eigenvalue weighted by molar-refractivity contribution is 0.186. The van der Waals surface area contributed by atoms with E-state index in [2.05, 4.69) is 24.5 Å². The Hall–Kier alpha value is -1.06. The number of allylic oxidation sites excluding steroid dienone is 2. The average Bonchev–Trinajstić information content (AvgIpc) is 2.20. The van der Waals surface area contributed by atoms with Crippen LogP contribution in [-0.4, -0.2) is 30.5 Å². The number of ether oxygens (including phenoxy) is 1. The molecule has 0 rings (SSSR count). The average molecular weight is 204 g/mol. The normalized spacial score (nSPS) is 5.50. The van der Waals surface area contributed by atoms with Crippen molar-refractivity contribution in [2.24, 2.45) is 0 Å². The molecule has 0 fully saturated rings. The fourth-order valence-electron chi connectivity index (χ4n) is 0. The minimum Gasteiger partial charge on any atom is -0.505 e. The minimum absolute atomic E-state index is 0.125. The molecule has 0 atom stereocenters. The van der Waals surface area contributed by atoms with Crippen LogP contribution < -0.4 is 0 Å². The lowest BCUT2D eigenvalue weighted by atomic mass is 10.8. The largest absolute Gasteiger partial charge is 0.505 e. The van der Waals surface area contributed by atoms with Gasteiger partial charge in [-0.15, -0.1) is 13.2 Å². The van der Waals surface area contributed by atoms with Crippen LogP contribution in [0.15, 0.2) is 38.2 Å². The lowest BCUT2D eigenvalue weighted by Crippen LogP contribution is -1.85. The summed E-state index contributed by atoms with van der Waals surface area (Å²) in [7, 11) is 1.56. The van der Waals surface area contributed by atoms with E-state index in [0.717, 1.165) is 0 Å². The first-order chi connectivity index (χ1) is 6.66. The second-order valence-corrected chi connectivity index (χ2v) is 1.67. The predicted octanol–water partition coefficient (Wildman–Crippen LogP) is 2.13. The van der Waals surface area contributed by atoms with E-state index in [9.17, 15) is 0 Å². The third-order valence-corrected chi connectivity index (χ3v) is 0.267. The molecule has 0 aliphatic heterocycles. The van der Waals surface area contributed by atoms with Gasteiger partial charge in [-0.2, -0.15) is 0 Å². The van der Waals surface area contributed by atoms with Gasteiger partial charge >= 0.3 is 0 Å². The van der Waals surface area contributed by atoms with Crippen molar-refractivity contribution in [3.63, 3.8) is 0 Å². The first kappa shape index (κ1) is 23.1. The van der Waals surface area contributed by atoms with Gasteiger partial charge in [-0.05, 0) is 13.8 Å². The van der Waals surface area contributed by atoms with Crippen molar-refractivity contribution in [1.29, 1.82) is 0 Å². The van der Waals surface area contributed by atoms with Crippen LogP contribution in [0.25, 0.3) is 0 Å². The van der Waals surface area contributed by atoms with Crippen molar-refractivity contribution in [2.75, 3.05) is 20.3 Å². The molecule has 3 nitrogen and oxygen atoms in total. The molecule has 0 aromatic heterocycles. The highest BCUT2D eigenvalue weighted by molar-refractivity contribution is 4.52. The molecule has 3 heteroatoms. The van der Waals surface area contributed by atoms with E-state index in [1.54, 1.807) is 19.3 Å². The van der Waals surface area contributed by atoms with Gasteiger partial charge in [-0.25, -0.2) is 0 Å². The zero-order valence-electron chi connectivity index (χ0n) is 9.57. The van der Waals surface area contributed by atoms with Gasteiger partial charge in [0.2, 0.25) is 0 Å². The molecular weight excluding hydrogens is 180 g/mol. The summed E-state index contributed by atoms with van der Waals surface area (Å²) in [5.74, 6) is 0. The van der Waals surface area contributed by atoms with Crippen molar-refractivity contribution < 1.29 is 14.9 Å². The first-order valence-corrected chi connectivity index (χ1v) is 4.16. The summed E-state index contributed by atoms with van der Waals surface area (Å²) >= 11 is 0. The molecule has 0 saturated carbocycles. The number of hydrogen-bond acceptors (Lipinski definition) is 3. The molecule has 86 valence electrons. The van der Waals surface area contributed by atoms with Crippen molar-refractivity contribution in [3.8, 4) is 0 Å². The molecule has 14 heavy (non-hydrogen) atoms. The van der Waals surface area contributed by atoms with Crippen molar-refractivity contribution >= 4 is 0 Å². The highest BCUT2D eigenvalue weighted by Gasteiger charge is 1.58. The quantitative estimate of drug-likeness (QED) is 0.535. The Kier molecular flexibility index (Phi) is 96.5. The fourth-order valence-corrected chi connectivity index (χ4v) is 0. The maximum atomic E-state index is 7.62. The first-order valence-electron chi connectivity index (χ1n) is 4.16. The van der Waals surface area contributed by atoms with Crippen LogP contribution in [0.3, 0.4) is 0 Å². The Morgan fingerprint density at radius 3 is 1.14 bits per heavy atom. The van der Waals surface area contributed by atoms with Gasteiger partial charge < -0.3 is 14.9 Å². The summed E-state index contributed by atoms with van der Waals surface area (Å²) in [5.41, 5.74) is 0. The zero-order chi connectivity index (χ0) is 12.2. The van der Waals surface area contributed by atoms with Gasteiger partial charge in [0.15, 0.2) is 0 Å². The fraction of sp³-hybridized carbons (Fsp3) is 0.455. The van der Waals surface area contributed by atoms with E-state index in [0.29, 0.717) is 0 Å². The Balaban J connectivity index is -0.0000000482. The smallest absolute Gasteiger partial charge is 0.0766 e. The highest BCUT2D eigenvalue weighted by atomic mass is 16.5. The molecule has 0 radical (unpaired) electrons. The number of aliphatic hydroxyl groups is 2. The van der Waals surface area contributed by atoms with Crippen LogP contribution in [0, 0.1) is 0 Å². The number of aliphatic hydroxyl groups excluding tert-OH is 2. The SMILES string of the molecule is C=CC.C=CC.C=COC.OCCO. The topological polar surface area (TPSA) is 49.7 Å². The summed E-state index contributed by atoms with van der Waals surface area (Å²) < 4.78 is 4.31. The van der Waals surface area contributed by atoms with Crippen LogP contribution in [0.2, 0.25) is 0 Å². The molecule has 0 saturated heterocycles.